The maximum Gasteiger partial charge on any atom is 0.224 e. The van der Waals surface area contributed by atoms with Crippen LogP contribution in [0, 0.1) is 12.7 Å². The average Bonchev–Trinajstić information content (AvgIpc) is 2.69. The Morgan fingerprint density at radius 1 is 1.19 bits per heavy atom. The van der Waals surface area contributed by atoms with Gasteiger partial charge in [0.05, 0.1) is 31.8 Å². The number of halogens is 1. The topological polar surface area (TPSA) is 78.8 Å². The molecular weight excluding hydrogens is 397 g/mol. The molecule has 2 rings (SSSR count). The number of aliphatic hydroxyl groups excluding tert-OH is 1. The molecule has 0 aliphatic rings. The van der Waals surface area contributed by atoms with Gasteiger partial charge in [-0.15, -0.1) is 0 Å². The van der Waals surface area contributed by atoms with Crippen LogP contribution in [0.1, 0.15) is 61.4 Å². The molecule has 0 spiro atoms. The molecule has 0 aliphatic carbocycles. The summed E-state index contributed by atoms with van der Waals surface area (Å²) in [6.07, 6.45) is 0.199. The molecule has 31 heavy (non-hydrogen) atoms. The van der Waals surface area contributed by atoms with Gasteiger partial charge in [-0.2, -0.15) is 0 Å². The fourth-order valence-electron chi connectivity index (χ4n) is 3.93. The highest BCUT2D eigenvalue weighted by Crippen LogP contribution is 2.31. The SMILES string of the molecule is COc1ccc(F)c(CC(=O)NC(CO)Cc2c(C(C)C)cccc2C(C)(C)O)c1C. The van der Waals surface area contributed by atoms with E-state index in [0.717, 1.165) is 16.7 Å². The number of rotatable bonds is 9. The second kappa shape index (κ2) is 10.2. The lowest BCUT2D eigenvalue weighted by Gasteiger charge is -2.27. The Morgan fingerprint density at radius 2 is 1.87 bits per heavy atom. The number of amides is 1. The smallest absolute Gasteiger partial charge is 0.224 e. The lowest BCUT2D eigenvalue weighted by atomic mass is 9.84. The van der Waals surface area contributed by atoms with Crippen molar-refractivity contribution in [3.63, 3.8) is 0 Å². The molecule has 2 aromatic carbocycles. The molecule has 0 aromatic heterocycles. The number of hydrogen-bond acceptors (Lipinski definition) is 4. The number of nitrogens with one attached hydrogen (secondary N) is 1. The number of carbonyl (C=O) groups is 1. The summed E-state index contributed by atoms with van der Waals surface area (Å²) < 4.78 is 19.5. The van der Waals surface area contributed by atoms with Gasteiger partial charge in [-0.1, -0.05) is 32.0 Å². The molecule has 0 bridgehead atoms. The van der Waals surface area contributed by atoms with E-state index in [-0.39, 0.29) is 30.4 Å². The summed E-state index contributed by atoms with van der Waals surface area (Å²) in [5.41, 5.74) is 2.52. The van der Waals surface area contributed by atoms with Gasteiger partial charge in [0.2, 0.25) is 5.91 Å². The van der Waals surface area contributed by atoms with Gasteiger partial charge in [-0.3, -0.25) is 4.79 Å². The van der Waals surface area contributed by atoms with Crippen LogP contribution in [0.2, 0.25) is 0 Å². The van der Waals surface area contributed by atoms with Gasteiger partial charge in [-0.25, -0.2) is 4.39 Å². The van der Waals surface area contributed by atoms with E-state index in [1.54, 1.807) is 20.8 Å². The van der Waals surface area contributed by atoms with E-state index in [1.165, 1.54) is 19.2 Å². The summed E-state index contributed by atoms with van der Waals surface area (Å²) in [6.45, 7) is 9.00. The first-order chi connectivity index (χ1) is 14.5. The molecule has 0 radical (unpaired) electrons. The van der Waals surface area contributed by atoms with Gasteiger partial charge in [0, 0.05) is 5.56 Å². The van der Waals surface area contributed by atoms with Crippen LogP contribution in [0.4, 0.5) is 4.39 Å². The van der Waals surface area contributed by atoms with Crippen molar-refractivity contribution in [3.05, 3.63) is 64.0 Å². The minimum atomic E-state index is -1.06. The van der Waals surface area contributed by atoms with E-state index < -0.39 is 17.5 Å². The van der Waals surface area contributed by atoms with E-state index >= 15 is 0 Å². The van der Waals surface area contributed by atoms with E-state index in [1.807, 2.05) is 18.2 Å². The van der Waals surface area contributed by atoms with Crippen molar-refractivity contribution in [3.8, 4) is 5.75 Å². The average molecular weight is 432 g/mol. The molecular formula is C25H34FNO4. The van der Waals surface area contributed by atoms with Crippen molar-refractivity contribution in [1.82, 2.24) is 5.32 Å². The summed E-state index contributed by atoms with van der Waals surface area (Å²) in [6, 6.07) is 8.03. The molecule has 0 saturated carbocycles. The van der Waals surface area contributed by atoms with E-state index in [9.17, 15) is 19.4 Å². The quantitative estimate of drug-likeness (QED) is 0.565. The number of benzene rings is 2. The number of aliphatic hydroxyl groups is 2. The highest BCUT2D eigenvalue weighted by Gasteiger charge is 2.25. The van der Waals surface area contributed by atoms with Crippen LogP contribution in [0.25, 0.3) is 0 Å². The molecule has 0 fully saturated rings. The van der Waals surface area contributed by atoms with Crippen molar-refractivity contribution in [1.29, 1.82) is 0 Å². The first kappa shape index (κ1) is 24.8. The monoisotopic (exact) mass is 431 g/mol. The van der Waals surface area contributed by atoms with E-state index in [4.69, 9.17) is 4.74 Å². The Labute approximate surface area is 184 Å². The van der Waals surface area contributed by atoms with Gasteiger partial charge >= 0.3 is 0 Å². The van der Waals surface area contributed by atoms with Crippen molar-refractivity contribution < 1.29 is 24.1 Å². The third kappa shape index (κ3) is 6.05. The molecule has 0 aliphatic heterocycles. The van der Waals surface area contributed by atoms with Gasteiger partial charge in [-0.05, 0) is 67.5 Å². The number of carbonyl (C=O) groups excluding carboxylic acids is 1. The lowest BCUT2D eigenvalue weighted by Crippen LogP contribution is -2.41. The van der Waals surface area contributed by atoms with E-state index in [0.29, 0.717) is 17.7 Å². The first-order valence-electron chi connectivity index (χ1n) is 10.6. The molecule has 1 unspecified atom stereocenters. The second-order valence-electron chi connectivity index (χ2n) is 8.77. The maximum atomic E-state index is 14.3. The second-order valence-corrected chi connectivity index (χ2v) is 8.77. The Balaban J connectivity index is 2.27. The minimum Gasteiger partial charge on any atom is -0.496 e. The Morgan fingerprint density at radius 3 is 2.42 bits per heavy atom. The molecule has 2 aromatic rings. The van der Waals surface area contributed by atoms with Crippen molar-refractivity contribution >= 4 is 5.91 Å². The summed E-state index contributed by atoms with van der Waals surface area (Å²) in [5, 5.41) is 23.4. The maximum absolute atomic E-state index is 14.3. The molecule has 1 amide bonds. The van der Waals surface area contributed by atoms with Gasteiger partial charge in [0.15, 0.2) is 0 Å². The molecule has 3 N–H and O–H groups in total. The molecule has 5 nitrogen and oxygen atoms in total. The molecule has 170 valence electrons. The van der Waals surface area contributed by atoms with Crippen molar-refractivity contribution in [2.45, 2.75) is 65.0 Å². The van der Waals surface area contributed by atoms with Crippen LogP contribution >= 0.6 is 0 Å². The summed E-state index contributed by atoms with van der Waals surface area (Å²) in [4.78, 5) is 12.7. The van der Waals surface area contributed by atoms with Crippen LogP contribution in [-0.4, -0.2) is 35.9 Å². The van der Waals surface area contributed by atoms with Crippen molar-refractivity contribution in [2.75, 3.05) is 13.7 Å². The van der Waals surface area contributed by atoms with Crippen LogP contribution in [0.3, 0.4) is 0 Å². The molecule has 6 heteroatoms. The summed E-state index contributed by atoms with van der Waals surface area (Å²) in [7, 11) is 1.50. The zero-order chi connectivity index (χ0) is 23.3. The third-order valence-corrected chi connectivity index (χ3v) is 5.58. The van der Waals surface area contributed by atoms with Crippen molar-refractivity contribution in [2.24, 2.45) is 0 Å². The van der Waals surface area contributed by atoms with Crippen LogP contribution in [0.5, 0.6) is 5.75 Å². The zero-order valence-electron chi connectivity index (χ0n) is 19.3. The Kier molecular flexibility index (Phi) is 8.21. The van der Waals surface area contributed by atoms with Crippen LogP contribution in [0.15, 0.2) is 30.3 Å². The van der Waals surface area contributed by atoms with Gasteiger partial charge < -0.3 is 20.3 Å². The molecule has 1 atom stereocenters. The predicted octanol–water partition coefficient (Wildman–Crippen LogP) is 3.76. The first-order valence-corrected chi connectivity index (χ1v) is 10.6. The predicted molar refractivity (Wildman–Crippen MR) is 120 cm³/mol. The lowest BCUT2D eigenvalue weighted by molar-refractivity contribution is -0.121. The Hall–Kier alpha value is -2.44. The van der Waals surface area contributed by atoms with Crippen LogP contribution in [-0.2, 0) is 23.2 Å². The largest absolute Gasteiger partial charge is 0.496 e. The molecule has 0 saturated heterocycles. The number of hydrogen-bond donors (Lipinski definition) is 3. The fraction of sp³-hybridized carbons (Fsp3) is 0.480. The van der Waals surface area contributed by atoms with E-state index in [2.05, 4.69) is 19.2 Å². The number of ether oxygens (including phenoxy) is 1. The minimum absolute atomic E-state index is 0.157. The highest BCUT2D eigenvalue weighted by atomic mass is 19.1. The summed E-state index contributed by atoms with van der Waals surface area (Å²) in [5.74, 6) is -0.130. The number of methoxy groups -OCH3 is 1. The Bertz CT molecular complexity index is 918. The van der Waals surface area contributed by atoms with Gasteiger partial charge in [0.1, 0.15) is 11.6 Å². The summed E-state index contributed by atoms with van der Waals surface area (Å²) >= 11 is 0. The third-order valence-electron chi connectivity index (χ3n) is 5.58. The standard InChI is InChI=1S/C25H34FNO4/c1-15(2)18-8-7-9-21(25(4,5)30)20(18)12-17(14-28)27-24(29)13-19-16(3)23(31-6)11-10-22(19)26/h7-11,15,17,28,30H,12-14H2,1-6H3,(H,27,29). The zero-order valence-corrected chi connectivity index (χ0v) is 19.3. The fourth-order valence-corrected chi connectivity index (χ4v) is 3.93. The highest BCUT2D eigenvalue weighted by molar-refractivity contribution is 5.79. The normalized spacial score (nSPS) is 12.7. The van der Waals surface area contributed by atoms with Gasteiger partial charge in [0.25, 0.3) is 0 Å². The van der Waals surface area contributed by atoms with Crippen LogP contribution < -0.4 is 10.1 Å². The molecule has 0 heterocycles.